The van der Waals surface area contributed by atoms with E-state index in [2.05, 4.69) is 4.90 Å². The van der Waals surface area contributed by atoms with E-state index in [1.165, 1.54) is 0 Å². The molecule has 0 unspecified atom stereocenters. The normalized spacial score (nSPS) is 15.9. The fraction of sp³-hybridized carbons (Fsp3) is 0.900. The lowest BCUT2D eigenvalue weighted by Crippen LogP contribution is -2.19. The minimum Gasteiger partial charge on any atom is -0.463 e. The molecule has 0 radical (unpaired) electrons. The number of hydrogen-bond donors (Lipinski definition) is 0. The standard InChI is InChI=1S/C10H19NO3/c1-11(2)5-6-13-7-8-14-10(12)9-3-4-9/h9H,3-8H2,1-2H3. The molecule has 1 rings (SSSR count). The minimum atomic E-state index is -0.0544. The van der Waals surface area contributed by atoms with Gasteiger partial charge in [0, 0.05) is 6.54 Å². The number of rotatable bonds is 7. The molecule has 0 bridgehead atoms. The number of carbonyl (C=O) groups is 1. The zero-order chi connectivity index (χ0) is 10.4. The van der Waals surface area contributed by atoms with Crippen LogP contribution in [0, 0.1) is 5.92 Å². The van der Waals surface area contributed by atoms with E-state index in [1.54, 1.807) is 0 Å². The predicted molar refractivity (Wildman–Crippen MR) is 53.1 cm³/mol. The van der Waals surface area contributed by atoms with Crippen molar-refractivity contribution < 1.29 is 14.3 Å². The Labute approximate surface area is 85.2 Å². The zero-order valence-electron chi connectivity index (χ0n) is 8.99. The molecule has 0 aromatic rings. The van der Waals surface area contributed by atoms with Gasteiger partial charge in [-0.15, -0.1) is 0 Å². The van der Waals surface area contributed by atoms with Crippen LogP contribution in [0.1, 0.15) is 12.8 Å². The van der Waals surface area contributed by atoms with Gasteiger partial charge in [-0.05, 0) is 26.9 Å². The Kier molecular flexibility index (Phi) is 4.90. The van der Waals surface area contributed by atoms with Crippen molar-refractivity contribution in [2.45, 2.75) is 12.8 Å². The highest BCUT2D eigenvalue weighted by molar-refractivity contribution is 5.74. The lowest BCUT2D eigenvalue weighted by Gasteiger charge is -2.09. The van der Waals surface area contributed by atoms with Crippen molar-refractivity contribution in [3.05, 3.63) is 0 Å². The largest absolute Gasteiger partial charge is 0.463 e. The van der Waals surface area contributed by atoms with Crippen LogP contribution in [0.25, 0.3) is 0 Å². The number of carbonyl (C=O) groups excluding carboxylic acids is 1. The summed E-state index contributed by atoms with van der Waals surface area (Å²) in [5, 5.41) is 0. The number of hydrogen-bond acceptors (Lipinski definition) is 4. The van der Waals surface area contributed by atoms with E-state index < -0.39 is 0 Å². The van der Waals surface area contributed by atoms with Gasteiger partial charge in [0.25, 0.3) is 0 Å². The second kappa shape index (κ2) is 5.98. The summed E-state index contributed by atoms with van der Waals surface area (Å²) in [6.07, 6.45) is 2.00. The molecule has 4 heteroatoms. The number of nitrogens with zero attached hydrogens (tertiary/aromatic N) is 1. The minimum absolute atomic E-state index is 0.0544. The highest BCUT2D eigenvalue weighted by atomic mass is 16.6. The monoisotopic (exact) mass is 201 g/mol. The summed E-state index contributed by atoms with van der Waals surface area (Å²) in [7, 11) is 3.99. The molecule has 0 aromatic heterocycles. The summed E-state index contributed by atoms with van der Waals surface area (Å²) < 4.78 is 10.3. The fourth-order valence-corrected chi connectivity index (χ4v) is 0.987. The van der Waals surface area contributed by atoms with E-state index in [0.29, 0.717) is 19.8 Å². The van der Waals surface area contributed by atoms with E-state index in [-0.39, 0.29) is 11.9 Å². The van der Waals surface area contributed by atoms with Gasteiger partial charge in [0.1, 0.15) is 6.61 Å². The first-order valence-electron chi connectivity index (χ1n) is 5.09. The zero-order valence-corrected chi connectivity index (χ0v) is 8.99. The molecule has 0 amide bonds. The summed E-state index contributed by atoms with van der Waals surface area (Å²) in [4.78, 5) is 13.1. The molecular formula is C10H19NO3. The third-order valence-electron chi connectivity index (χ3n) is 2.07. The molecule has 0 N–H and O–H groups in total. The third-order valence-corrected chi connectivity index (χ3v) is 2.07. The molecule has 0 atom stereocenters. The van der Waals surface area contributed by atoms with Gasteiger partial charge in [-0.1, -0.05) is 0 Å². The molecule has 14 heavy (non-hydrogen) atoms. The van der Waals surface area contributed by atoms with E-state index in [9.17, 15) is 4.79 Å². The average molecular weight is 201 g/mol. The molecule has 0 heterocycles. The second-order valence-electron chi connectivity index (χ2n) is 3.86. The van der Waals surface area contributed by atoms with Gasteiger partial charge in [0.15, 0.2) is 0 Å². The summed E-state index contributed by atoms with van der Waals surface area (Å²) in [5.74, 6) is 0.137. The lowest BCUT2D eigenvalue weighted by atomic mass is 10.4. The Hall–Kier alpha value is -0.610. The lowest BCUT2D eigenvalue weighted by molar-refractivity contribution is -0.146. The quantitative estimate of drug-likeness (QED) is 0.444. The molecule has 82 valence electrons. The molecular weight excluding hydrogens is 182 g/mol. The van der Waals surface area contributed by atoms with Crippen LogP contribution in [0.15, 0.2) is 0 Å². The van der Waals surface area contributed by atoms with Gasteiger partial charge in [0.2, 0.25) is 0 Å². The first-order chi connectivity index (χ1) is 6.70. The summed E-state index contributed by atoms with van der Waals surface area (Å²) >= 11 is 0. The molecule has 4 nitrogen and oxygen atoms in total. The van der Waals surface area contributed by atoms with Gasteiger partial charge in [-0.3, -0.25) is 4.79 Å². The van der Waals surface area contributed by atoms with Gasteiger partial charge in [-0.25, -0.2) is 0 Å². The van der Waals surface area contributed by atoms with Gasteiger partial charge in [-0.2, -0.15) is 0 Å². The maximum atomic E-state index is 11.1. The number of ether oxygens (including phenoxy) is 2. The fourth-order valence-electron chi connectivity index (χ4n) is 0.987. The van der Waals surface area contributed by atoms with Crippen LogP contribution in [-0.2, 0) is 14.3 Å². The molecule has 0 saturated heterocycles. The molecule has 1 aliphatic carbocycles. The van der Waals surface area contributed by atoms with Gasteiger partial charge >= 0.3 is 5.97 Å². The summed E-state index contributed by atoms with van der Waals surface area (Å²) in [5.41, 5.74) is 0. The molecule has 1 fully saturated rings. The van der Waals surface area contributed by atoms with Gasteiger partial charge < -0.3 is 14.4 Å². The molecule has 0 aromatic carbocycles. The third kappa shape index (κ3) is 5.19. The van der Waals surface area contributed by atoms with Crippen LogP contribution in [0.3, 0.4) is 0 Å². The van der Waals surface area contributed by atoms with Crippen LogP contribution in [0.5, 0.6) is 0 Å². The van der Waals surface area contributed by atoms with Crippen molar-refractivity contribution >= 4 is 5.97 Å². The summed E-state index contributed by atoms with van der Waals surface area (Å²) in [6.45, 7) is 2.49. The first-order valence-corrected chi connectivity index (χ1v) is 5.09. The van der Waals surface area contributed by atoms with E-state index >= 15 is 0 Å². The van der Waals surface area contributed by atoms with Crippen LogP contribution in [0.2, 0.25) is 0 Å². The Morgan fingerprint density at radius 3 is 2.57 bits per heavy atom. The second-order valence-corrected chi connectivity index (χ2v) is 3.86. The van der Waals surface area contributed by atoms with Crippen molar-refractivity contribution in [3.8, 4) is 0 Å². The first kappa shape index (κ1) is 11.5. The maximum Gasteiger partial charge on any atom is 0.309 e. The van der Waals surface area contributed by atoms with Crippen molar-refractivity contribution in [1.29, 1.82) is 0 Å². The smallest absolute Gasteiger partial charge is 0.309 e. The molecule has 1 aliphatic rings. The number of esters is 1. The molecule has 1 saturated carbocycles. The highest BCUT2D eigenvalue weighted by Crippen LogP contribution is 2.29. The van der Waals surface area contributed by atoms with Crippen LogP contribution in [-0.4, -0.2) is 51.3 Å². The SMILES string of the molecule is CN(C)CCOCCOC(=O)C1CC1. The van der Waals surface area contributed by atoms with Crippen LogP contribution >= 0.6 is 0 Å². The van der Waals surface area contributed by atoms with Gasteiger partial charge in [0.05, 0.1) is 19.1 Å². The Bertz CT molecular complexity index is 178. The number of likely N-dealkylation sites (N-methyl/N-ethyl adjacent to an activating group) is 1. The Morgan fingerprint density at radius 1 is 1.29 bits per heavy atom. The summed E-state index contributed by atoms with van der Waals surface area (Å²) in [6, 6.07) is 0. The highest BCUT2D eigenvalue weighted by Gasteiger charge is 2.30. The van der Waals surface area contributed by atoms with Crippen molar-refractivity contribution in [2.24, 2.45) is 5.92 Å². The Morgan fingerprint density at radius 2 is 2.00 bits per heavy atom. The maximum absolute atomic E-state index is 11.1. The van der Waals surface area contributed by atoms with Crippen molar-refractivity contribution in [1.82, 2.24) is 4.90 Å². The van der Waals surface area contributed by atoms with Crippen molar-refractivity contribution in [2.75, 3.05) is 40.5 Å². The predicted octanol–water partition coefficient (Wildman–Crippen LogP) is 0.518. The average Bonchev–Trinajstić information content (AvgIpc) is 2.92. The van der Waals surface area contributed by atoms with Crippen LogP contribution < -0.4 is 0 Å². The molecule has 0 spiro atoms. The van der Waals surface area contributed by atoms with E-state index in [0.717, 1.165) is 19.4 Å². The van der Waals surface area contributed by atoms with Crippen LogP contribution in [0.4, 0.5) is 0 Å². The van der Waals surface area contributed by atoms with E-state index in [1.807, 2.05) is 14.1 Å². The van der Waals surface area contributed by atoms with E-state index in [4.69, 9.17) is 9.47 Å². The van der Waals surface area contributed by atoms with Crippen molar-refractivity contribution in [3.63, 3.8) is 0 Å². The topological polar surface area (TPSA) is 38.8 Å². The molecule has 0 aliphatic heterocycles. The Balaban J connectivity index is 1.81.